The Morgan fingerprint density at radius 2 is 2.14 bits per heavy atom. The molecule has 2 rings (SSSR count). The fourth-order valence-corrected chi connectivity index (χ4v) is 1.48. The zero-order valence-corrected chi connectivity index (χ0v) is 8.51. The van der Waals surface area contributed by atoms with Gasteiger partial charge in [-0.15, -0.1) is 0 Å². The highest BCUT2D eigenvalue weighted by molar-refractivity contribution is 5.72. The molecule has 74 valence electrons. The molecule has 0 radical (unpaired) electrons. The molecule has 0 saturated heterocycles. The topological polar surface area (TPSA) is 53.9 Å². The average Bonchev–Trinajstić information content (AvgIpc) is 2.71. The average molecular weight is 191 g/mol. The Morgan fingerprint density at radius 3 is 2.71 bits per heavy atom. The van der Waals surface area contributed by atoms with E-state index in [9.17, 15) is 0 Å². The molecule has 0 saturated carbocycles. The summed E-state index contributed by atoms with van der Waals surface area (Å²) in [6.45, 7) is 3.89. The summed E-state index contributed by atoms with van der Waals surface area (Å²) >= 11 is 0. The molecular formula is C10H13N3O. The van der Waals surface area contributed by atoms with Crippen LogP contribution in [0.15, 0.2) is 16.5 Å². The predicted molar refractivity (Wildman–Crippen MR) is 55.3 cm³/mol. The third-order valence-electron chi connectivity index (χ3n) is 2.17. The maximum absolute atomic E-state index is 5.50. The van der Waals surface area contributed by atoms with E-state index in [0.29, 0.717) is 0 Å². The van der Waals surface area contributed by atoms with Gasteiger partial charge in [0.25, 0.3) is 0 Å². The monoisotopic (exact) mass is 191 g/mol. The number of aromatic amines is 1. The predicted octanol–water partition coefficient (Wildman–Crippen LogP) is 2.33. The van der Waals surface area contributed by atoms with Crippen LogP contribution < -0.4 is 5.32 Å². The second-order valence-electron chi connectivity index (χ2n) is 3.23. The van der Waals surface area contributed by atoms with Crippen molar-refractivity contribution < 1.29 is 4.42 Å². The molecule has 0 aromatic carbocycles. The van der Waals surface area contributed by atoms with Gasteiger partial charge in [-0.1, -0.05) is 0 Å². The summed E-state index contributed by atoms with van der Waals surface area (Å²) in [6, 6.07) is 3.85. The Morgan fingerprint density at radius 1 is 1.36 bits per heavy atom. The molecule has 0 unspecified atom stereocenters. The summed E-state index contributed by atoms with van der Waals surface area (Å²) in [4.78, 5) is 0. The Kier molecular flexibility index (Phi) is 2.04. The van der Waals surface area contributed by atoms with Crippen LogP contribution in [-0.4, -0.2) is 17.2 Å². The molecule has 2 N–H and O–H groups in total. The largest absolute Gasteiger partial charge is 0.460 e. The van der Waals surface area contributed by atoms with E-state index in [1.54, 1.807) is 0 Å². The minimum absolute atomic E-state index is 0.788. The summed E-state index contributed by atoms with van der Waals surface area (Å²) in [5, 5.41) is 10.2. The van der Waals surface area contributed by atoms with Crippen molar-refractivity contribution in [2.45, 2.75) is 13.8 Å². The number of aromatic nitrogens is 2. The smallest absolute Gasteiger partial charge is 0.156 e. The van der Waals surface area contributed by atoms with Gasteiger partial charge in [0.2, 0.25) is 0 Å². The molecule has 0 aliphatic carbocycles. The minimum Gasteiger partial charge on any atom is -0.460 e. The highest BCUT2D eigenvalue weighted by atomic mass is 16.3. The number of nitrogens with zero attached hydrogens (tertiary/aromatic N) is 1. The molecule has 14 heavy (non-hydrogen) atoms. The molecule has 2 aromatic heterocycles. The van der Waals surface area contributed by atoms with Gasteiger partial charge in [-0.3, -0.25) is 5.10 Å². The molecule has 0 amide bonds. The summed E-state index contributed by atoms with van der Waals surface area (Å²) in [6.07, 6.45) is 0. The van der Waals surface area contributed by atoms with E-state index < -0.39 is 0 Å². The van der Waals surface area contributed by atoms with Crippen LogP contribution in [0.2, 0.25) is 0 Å². The molecule has 0 aliphatic rings. The van der Waals surface area contributed by atoms with Crippen LogP contribution in [0.1, 0.15) is 11.5 Å². The first kappa shape index (κ1) is 8.87. The van der Waals surface area contributed by atoms with Gasteiger partial charge >= 0.3 is 0 Å². The van der Waals surface area contributed by atoms with Crippen LogP contribution in [0, 0.1) is 13.8 Å². The summed E-state index contributed by atoms with van der Waals surface area (Å²) in [5.41, 5.74) is 2.83. The molecule has 0 aliphatic heterocycles. The van der Waals surface area contributed by atoms with E-state index in [-0.39, 0.29) is 0 Å². The maximum atomic E-state index is 5.50. The second kappa shape index (κ2) is 3.21. The first-order chi connectivity index (χ1) is 6.72. The number of anilines is 1. The Hall–Kier alpha value is -1.71. The normalized spacial score (nSPS) is 10.5. The lowest BCUT2D eigenvalue weighted by Crippen LogP contribution is -1.90. The van der Waals surface area contributed by atoms with E-state index in [1.807, 2.05) is 33.0 Å². The number of nitrogens with one attached hydrogen (secondary N) is 2. The van der Waals surface area contributed by atoms with E-state index >= 15 is 0 Å². The zero-order valence-electron chi connectivity index (χ0n) is 8.51. The van der Waals surface area contributed by atoms with Crippen LogP contribution in [0.3, 0.4) is 0 Å². The Labute approximate surface area is 82.3 Å². The lowest BCUT2D eigenvalue weighted by Gasteiger charge is -1.99. The van der Waals surface area contributed by atoms with Gasteiger partial charge in [0.15, 0.2) is 11.5 Å². The van der Waals surface area contributed by atoms with Gasteiger partial charge in [0.1, 0.15) is 5.76 Å². The van der Waals surface area contributed by atoms with Gasteiger partial charge in [0.05, 0.1) is 11.4 Å². The van der Waals surface area contributed by atoms with E-state index in [0.717, 1.165) is 28.6 Å². The molecule has 2 heterocycles. The van der Waals surface area contributed by atoms with Gasteiger partial charge in [0, 0.05) is 7.05 Å². The third-order valence-corrected chi connectivity index (χ3v) is 2.17. The summed E-state index contributed by atoms with van der Waals surface area (Å²) < 4.78 is 5.50. The number of hydrogen-bond donors (Lipinski definition) is 2. The van der Waals surface area contributed by atoms with Gasteiger partial charge < -0.3 is 9.73 Å². The lowest BCUT2D eigenvalue weighted by atomic mass is 10.2. The lowest BCUT2D eigenvalue weighted by molar-refractivity contribution is 0.546. The van der Waals surface area contributed by atoms with Gasteiger partial charge in [-0.25, -0.2) is 0 Å². The molecule has 4 heteroatoms. The molecule has 0 bridgehead atoms. The van der Waals surface area contributed by atoms with Gasteiger partial charge in [-0.2, -0.15) is 5.10 Å². The Bertz CT molecular complexity index is 442. The zero-order chi connectivity index (χ0) is 10.1. The Balaban J connectivity index is 2.51. The number of rotatable bonds is 2. The van der Waals surface area contributed by atoms with Crippen LogP contribution in [0.4, 0.5) is 5.69 Å². The van der Waals surface area contributed by atoms with Crippen LogP contribution in [0.25, 0.3) is 11.5 Å². The maximum Gasteiger partial charge on any atom is 0.156 e. The van der Waals surface area contributed by atoms with Crippen molar-refractivity contribution in [2.75, 3.05) is 12.4 Å². The number of aryl methyl sites for hydroxylation is 2. The number of hydrogen-bond acceptors (Lipinski definition) is 3. The van der Waals surface area contributed by atoms with Crippen molar-refractivity contribution in [2.24, 2.45) is 0 Å². The highest BCUT2D eigenvalue weighted by Crippen LogP contribution is 2.28. The summed E-state index contributed by atoms with van der Waals surface area (Å²) in [5.74, 6) is 1.68. The quantitative estimate of drug-likeness (QED) is 0.766. The van der Waals surface area contributed by atoms with Crippen molar-refractivity contribution in [1.82, 2.24) is 10.2 Å². The molecule has 4 nitrogen and oxygen atoms in total. The standard InChI is InChI=1S/C10H13N3O/c1-6-4-5-8(14-6)10-9(11-3)7(2)12-13-10/h4-5,11H,1-3H3,(H,12,13). The van der Waals surface area contributed by atoms with Crippen molar-refractivity contribution in [1.29, 1.82) is 0 Å². The van der Waals surface area contributed by atoms with E-state index in [2.05, 4.69) is 15.5 Å². The SMILES string of the molecule is CNc1c(-c2ccc(C)o2)n[nH]c1C. The molecule has 2 aromatic rings. The number of H-pyrrole nitrogens is 1. The van der Waals surface area contributed by atoms with Gasteiger partial charge in [-0.05, 0) is 26.0 Å². The highest BCUT2D eigenvalue weighted by Gasteiger charge is 2.13. The van der Waals surface area contributed by atoms with E-state index in [1.165, 1.54) is 0 Å². The molecule has 0 atom stereocenters. The molecule has 0 spiro atoms. The van der Waals surface area contributed by atoms with Crippen molar-refractivity contribution in [3.05, 3.63) is 23.6 Å². The minimum atomic E-state index is 0.788. The fourth-order valence-electron chi connectivity index (χ4n) is 1.48. The first-order valence-electron chi connectivity index (χ1n) is 4.52. The fraction of sp³-hybridized carbons (Fsp3) is 0.300. The van der Waals surface area contributed by atoms with Crippen LogP contribution >= 0.6 is 0 Å². The third kappa shape index (κ3) is 1.28. The van der Waals surface area contributed by atoms with Crippen molar-refractivity contribution in [3.63, 3.8) is 0 Å². The first-order valence-corrected chi connectivity index (χ1v) is 4.52. The second-order valence-corrected chi connectivity index (χ2v) is 3.23. The molecule has 0 fully saturated rings. The van der Waals surface area contributed by atoms with E-state index in [4.69, 9.17) is 4.42 Å². The summed E-state index contributed by atoms with van der Waals surface area (Å²) in [7, 11) is 1.87. The van der Waals surface area contributed by atoms with Crippen LogP contribution in [-0.2, 0) is 0 Å². The molecular weight excluding hydrogens is 178 g/mol. The van der Waals surface area contributed by atoms with Crippen molar-refractivity contribution in [3.8, 4) is 11.5 Å². The number of furan rings is 1. The van der Waals surface area contributed by atoms with Crippen LogP contribution in [0.5, 0.6) is 0 Å². The van der Waals surface area contributed by atoms with Crippen molar-refractivity contribution >= 4 is 5.69 Å².